The van der Waals surface area contributed by atoms with Crippen molar-refractivity contribution in [1.82, 2.24) is 0 Å². The Labute approximate surface area is 179 Å². The van der Waals surface area contributed by atoms with Crippen LogP contribution in [-0.4, -0.2) is 20.0 Å². The predicted molar refractivity (Wildman–Crippen MR) is 119 cm³/mol. The molecule has 5 rings (SSSR count). The van der Waals surface area contributed by atoms with Gasteiger partial charge in [-0.3, -0.25) is 4.79 Å². The molecule has 3 nitrogen and oxygen atoms in total. The first-order valence-corrected chi connectivity index (χ1v) is 11.1. The van der Waals surface area contributed by atoms with Gasteiger partial charge in [-0.25, -0.2) is 0 Å². The summed E-state index contributed by atoms with van der Waals surface area (Å²) in [5.74, 6) is 3.75. The van der Waals surface area contributed by atoms with E-state index in [1.807, 2.05) is 18.2 Å². The van der Waals surface area contributed by atoms with Crippen LogP contribution in [0.3, 0.4) is 0 Å². The van der Waals surface area contributed by atoms with Crippen molar-refractivity contribution in [2.24, 2.45) is 17.3 Å². The Bertz CT molecular complexity index is 1020. The lowest BCUT2D eigenvalue weighted by Crippen LogP contribution is -2.42. The minimum Gasteiger partial charge on any atom is -0.497 e. The van der Waals surface area contributed by atoms with Gasteiger partial charge >= 0.3 is 0 Å². The average molecular weight is 403 g/mol. The maximum Gasteiger partial charge on any atom is 0.165 e. The molecule has 3 heteroatoms. The van der Waals surface area contributed by atoms with Crippen LogP contribution in [0.2, 0.25) is 0 Å². The van der Waals surface area contributed by atoms with Gasteiger partial charge in [0, 0.05) is 5.41 Å². The summed E-state index contributed by atoms with van der Waals surface area (Å²) in [4.78, 5) is 13.5. The smallest absolute Gasteiger partial charge is 0.165 e. The average Bonchev–Trinajstić information content (AvgIpc) is 3.03. The zero-order valence-corrected chi connectivity index (χ0v) is 18.1. The molecule has 3 aliphatic carbocycles. The number of aryl methyl sites for hydroxylation is 1. The van der Waals surface area contributed by atoms with Gasteiger partial charge in [0.25, 0.3) is 0 Å². The highest BCUT2D eigenvalue weighted by atomic mass is 16.5. The van der Waals surface area contributed by atoms with Gasteiger partial charge in [0.1, 0.15) is 11.5 Å². The summed E-state index contributed by atoms with van der Waals surface area (Å²) in [5.41, 5.74) is 4.77. The number of fused-ring (bicyclic) bond motifs is 5. The van der Waals surface area contributed by atoms with Gasteiger partial charge in [-0.05, 0) is 102 Å². The summed E-state index contributed by atoms with van der Waals surface area (Å²) in [6.07, 6.45) is 7.35. The first kappa shape index (κ1) is 19.4. The SMILES string of the molecule is COc1cccc(/C=C2\C[C@H]3[C@@H]4CCc5cc(OC)ccc5[C@H]4CC[C@]3(C)C2=O)c1. The summed E-state index contributed by atoms with van der Waals surface area (Å²) < 4.78 is 10.8. The first-order valence-electron chi connectivity index (χ1n) is 11.1. The first-order chi connectivity index (χ1) is 14.5. The van der Waals surface area contributed by atoms with Crippen molar-refractivity contribution >= 4 is 11.9 Å². The molecule has 0 radical (unpaired) electrons. The van der Waals surface area contributed by atoms with E-state index in [2.05, 4.69) is 37.3 Å². The van der Waals surface area contributed by atoms with Crippen LogP contribution in [0.4, 0.5) is 0 Å². The topological polar surface area (TPSA) is 35.5 Å². The Morgan fingerprint density at radius 2 is 1.83 bits per heavy atom. The molecule has 0 heterocycles. The number of hydrogen-bond acceptors (Lipinski definition) is 3. The van der Waals surface area contributed by atoms with E-state index in [9.17, 15) is 4.79 Å². The number of carbonyl (C=O) groups is 1. The van der Waals surface area contributed by atoms with Crippen molar-refractivity contribution in [3.8, 4) is 11.5 Å². The summed E-state index contributed by atoms with van der Waals surface area (Å²) >= 11 is 0. The van der Waals surface area contributed by atoms with Crippen LogP contribution in [-0.2, 0) is 11.2 Å². The van der Waals surface area contributed by atoms with E-state index >= 15 is 0 Å². The van der Waals surface area contributed by atoms with Crippen LogP contribution in [0.25, 0.3) is 6.08 Å². The molecule has 2 aromatic rings. The standard InChI is InChI=1S/C27H30O3/c1-27-12-11-23-22-10-8-21(30-3)15-18(22)7-9-24(23)25(27)16-19(26(27)28)13-17-5-4-6-20(14-17)29-2/h4-6,8,10,13-15,23-25H,7,9,11-12,16H2,1-3H3/b19-13+/t23-,24-,25+,27+/m1/s1. The van der Waals surface area contributed by atoms with E-state index in [-0.39, 0.29) is 5.41 Å². The summed E-state index contributed by atoms with van der Waals surface area (Å²) in [5, 5.41) is 0. The van der Waals surface area contributed by atoms with Crippen molar-refractivity contribution in [1.29, 1.82) is 0 Å². The third-order valence-electron chi connectivity index (χ3n) is 8.01. The maximum atomic E-state index is 13.5. The second-order valence-electron chi connectivity index (χ2n) is 9.42. The van der Waals surface area contributed by atoms with Crippen LogP contribution >= 0.6 is 0 Å². The van der Waals surface area contributed by atoms with Gasteiger partial charge in [0.05, 0.1) is 14.2 Å². The van der Waals surface area contributed by atoms with Crippen LogP contribution in [0.15, 0.2) is 48.0 Å². The van der Waals surface area contributed by atoms with Crippen LogP contribution in [0.1, 0.15) is 55.2 Å². The molecule has 0 aliphatic heterocycles. The van der Waals surface area contributed by atoms with Gasteiger partial charge in [-0.15, -0.1) is 0 Å². The van der Waals surface area contributed by atoms with Crippen LogP contribution in [0.5, 0.6) is 11.5 Å². The van der Waals surface area contributed by atoms with Crippen LogP contribution < -0.4 is 9.47 Å². The number of benzene rings is 2. The molecule has 4 atom stereocenters. The van der Waals surface area contributed by atoms with Gasteiger partial charge in [0.15, 0.2) is 5.78 Å². The number of allylic oxidation sites excluding steroid dienone is 1. The summed E-state index contributed by atoms with van der Waals surface area (Å²) in [6.45, 7) is 2.23. The van der Waals surface area contributed by atoms with Crippen molar-refractivity contribution in [3.63, 3.8) is 0 Å². The molecule has 0 amide bonds. The van der Waals surface area contributed by atoms with E-state index < -0.39 is 0 Å². The van der Waals surface area contributed by atoms with Crippen molar-refractivity contribution in [2.75, 3.05) is 14.2 Å². The number of Topliss-reactive ketones (excluding diaryl/α,β-unsaturated/α-hetero) is 1. The molecule has 0 N–H and O–H groups in total. The second-order valence-corrected chi connectivity index (χ2v) is 9.42. The lowest BCUT2D eigenvalue weighted by atomic mass is 9.55. The highest BCUT2D eigenvalue weighted by Crippen LogP contribution is 2.60. The fraction of sp³-hybridized carbons (Fsp3) is 0.444. The van der Waals surface area contributed by atoms with Gasteiger partial charge in [0.2, 0.25) is 0 Å². The number of methoxy groups -OCH3 is 2. The van der Waals surface area contributed by atoms with E-state index in [0.717, 1.165) is 48.3 Å². The lowest BCUT2D eigenvalue weighted by Gasteiger charge is -2.48. The Morgan fingerprint density at radius 3 is 2.63 bits per heavy atom. The zero-order chi connectivity index (χ0) is 20.9. The molecular formula is C27H30O3. The third-order valence-corrected chi connectivity index (χ3v) is 8.01. The number of carbonyl (C=O) groups excluding carboxylic acids is 1. The van der Waals surface area contributed by atoms with Gasteiger partial charge in [-0.2, -0.15) is 0 Å². The molecule has 3 aliphatic rings. The fourth-order valence-corrected chi connectivity index (χ4v) is 6.42. The number of hydrogen-bond donors (Lipinski definition) is 0. The molecule has 0 spiro atoms. The molecule has 2 fully saturated rings. The second kappa shape index (κ2) is 7.30. The molecule has 2 aromatic carbocycles. The Kier molecular flexibility index (Phi) is 4.72. The summed E-state index contributed by atoms with van der Waals surface area (Å²) in [6, 6.07) is 14.6. The molecule has 156 valence electrons. The molecular weight excluding hydrogens is 372 g/mol. The minimum absolute atomic E-state index is 0.212. The third kappa shape index (κ3) is 2.98. The van der Waals surface area contributed by atoms with Crippen molar-refractivity contribution in [3.05, 3.63) is 64.7 Å². The molecule has 0 aromatic heterocycles. The van der Waals surface area contributed by atoms with E-state index in [0.29, 0.717) is 23.5 Å². The van der Waals surface area contributed by atoms with E-state index in [1.54, 1.807) is 14.2 Å². The van der Waals surface area contributed by atoms with Crippen molar-refractivity contribution in [2.45, 2.75) is 44.9 Å². The predicted octanol–water partition coefficient (Wildman–Crippen LogP) is 5.82. The normalized spacial score (nSPS) is 31.1. The number of rotatable bonds is 3. The molecule has 0 saturated heterocycles. The molecule has 0 unspecified atom stereocenters. The Morgan fingerprint density at radius 1 is 1.03 bits per heavy atom. The van der Waals surface area contributed by atoms with Crippen molar-refractivity contribution < 1.29 is 14.3 Å². The Hall–Kier alpha value is -2.55. The Balaban J connectivity index is 1.46. The maximum absolute atomic E-state index is 13.5. The number of ether oxygens (including phenoxy) is 2. The molecule has 0 bridgehead atoms. The molecule has 30 heavy (non-hydrogen) atoms. The highest BCUT2D eigenvalue weighted by molar-refractivity contribution is 6.06. The summed E-state index contributed by atoms with van der Waals surface area (Å²) in [7, 11) is 3.42. The zero-order valence-electron chi connectivity index (χ0n) is 18.1. The fourth-order valence-electron chi connectivity index (χ4n) is 6.42. The van der Waals surface area contributed by atoms with Crippen LogP contribution in [0, 0.1) is 17.3 Å². The van der Waals surface area contributed by atoms with Gasteiger partial charge < -0.3 is 9.47 Å². The quantitative estimate of drug-likeness (QED) is 0.607. The lowest BCUT2D eigenvalue weighted by molar-refractivity contribution is -0.127. The monoisotopic (exact) mass is 402 g/mol. The van der Waals surface area contributed by atoms with E-state index in [1.165, 1.54) is 17.5 Å². The molecule has 2 saturated carbocycles. The van der Waals surface area contributed by atoms with E-state index in [4.69, 9.17) is 9.47 Å². The highest BCUT2D eigenvalue weighted by Gasteiger charge is 2.56. The minimum atomic E-state index is -0.212. The largest absolute Gasteiger partial charge is 0.497 e. The van der Waals surface area contributed by atoms with Gasteiger partial charge in [-0.1, -0.05) is 25.1 Å². The number of ketones is 1.